The van der Waals surface area contributed by atoms with E-state index < -0.39 is 17.2 Å². The second-order valence-electron chi connectivity index (χ2n) is 5.16. The van der Waals surface area contributed by atoms with Gasteiger partial charge < -0.3 is 9.47 Å². The summed E-state index contributed by atoms with van der Waals surface area (Å²) in [4.78, 5) is 23.7. The number of halogens is 1. The molecule has 0 N–H and O–H groups in total. The molecular weight excluding hydrogens is 312 g/mol. The molecule has 0 aromatic heterocycles. The maximum Gasteiger partial charge on any atom is 0.351 e. The van der Waals surface area contributed by atoms with Crippen LogP contribution in [0.5, 0.6) is 0 Å². The number of hydrogen-bond donors (Lipinski definition) is 0. The lowest BCUT2D eigenvalue weighted by Crippen LogP contribution is -2.40. The Bertz CT molecular complexity index is 344. The second kappa shape index (κ2) is 6.73. The van der Waals surface area contributed by atoms with Gasteiger partial charge in [-0.05, 0) is 25.7 Å². The predicted molar refractivity (Wildman–Crippen MR) is 76.2 cm³/mol. The van der Waals surface area contributed by atoms with Crippen molar-refractivity contribution >= 4 is 27.9 Å². The van der Waals surface area contributed by atoms with Gasteiger partial charge in [-0.15, -0.1) is 0 Å². The molecule has 0 radical (unpaired) electrons. The highest BCUT2D eigenvalue weighted by molar-refractivity contribution is 9.09. The minimum atomic E-state index is -1.09. The fourth-order valence-electron chi connectivity index (χ4n) is 2.60. The number of unbranched alkanes of at least 4 members (excludes halogenated alkanes) is 1. The molecule has 4 nitrogen and oxygen atoms in total. The van der Waals surface area contributed by atoms with E-state index in [0.29, 0.717) is 12.8 Å². The van der Waals surface area contributed by atoms with E-state index in [1.54, 1.807) is 0 Å². The van der Waals surface area contributed by atoms with Gasteiger partial charge in [-0.3, -0.25) is 4.79 Å². The molecule has 0 aliphatic carbocycles. The maximum atomic E-state index is 12.2. The molecule has 1 aliphatic heterocycles. The summed E-state index contributed by atoms with van der Waals surface area (Å²) in [6, 6.07) is 0. The van der Waals surface area contributed by atoms with Crippen molar-refractivity contribution in [1.82, 2.24) is 0 Å². The molecule has 1 fully saturated rings. The van der Waals surface area contributed by atoms with Crippen LogP contribution in [0.25, 0.3) is 0 Å². The van der Waals surface area contributed by atoms with Gasteiger partial charge in [0.15, 0.2) is 0 Å². The Morgan fingerprint density at radius 2 is 2.05 bits per heavy atom. The molecule has 110 valence electrons. The summed E-state index contributed by atoms with van der Waals surface area (Å²) in [6.07, 6.45) is 4.58. The van der Waals surface area contributed by atoms with E-state index in [2.05, 4.69) is 22.9 Å². The zero-order valence-electron chi connectivity index (χ0n) is 12.0. The van der Waals surface area contributed by atoms with E-state index in [1.807, 2.05) is 13.8 Å². The molecule has 0 saturated carbocycles. The standard InChI is InChI=1S/C14H23BrO4/c1-4-7-8-13(5-2)10-14(6-3,12(17)19-13)18-11(16)9-15/h4-10H2,1-3H3/t13-,14-/m0/s1. The van der Waals surface area contributed by atoms with Gasteiger partial charge in [0.1, 0.15) is 10.9 Å². The van der Waals surface area contributed by atoms with Gasteiger partial charge in [0, 0.05) is 6.42 Å². The Kier molecular flexibility index (Phi) is 5.83. The fraction of sp³-hybridized carbons (Fsp3) is 0.857. The summed E-state index contributed by atoms with van der Waals surface area (Å²) in [7, 11) is 0. The molecule has 0 spiro atoms. The van der Waals surface area contributed by atoms with Crippen molar-refractivity contribution in [2.75, 3.05) is 5.33 Å². The minimum absolute atomic E-state index is 0.0934. The normalized spacial score (nSPS) is 30.2. The predicted octanol–water partition coefficient (Wildman–Crippen LogP) is 3.36. The molecule has 0 amide bonds. The monoisotopic (exact) mass is 334 g/mol. The Hall–Kier alpha value is -0.580. The Morgan fingerprint density at radius 1 is 1.37 bits per heavy atom. The van der Waals surface area contributed by atoms with Crippen LogP contribution in [0.1, 0.15) is 59.3 Å². The maximum absolute atomic E-state index is 12.2. The zero-order valence-corrected chi connectivity index (χ0v) is 13.5. The zero-order chi connectivity index (χ0) is 14.5. The molecular formula is C14H23BrO4. The molecule has 1 rings (SSSR count). The number of cyclic esters (lactones) is 1. The smallest absolute Gasteiger partial charge is 0.351 e. The average Bonchev–Trinajstić information content (AvgIpc) is 2.70. The van der Waals surface area contributed by atoms with E-state index >= 15 is 0 Å². The van der Waals surface area contributed by atoms with Gasteiger partial charge >= 0.3 is 11.9 Å². The lowest BCUT2D eigenvalue weighted by Gasteiger charge is -2.28. The summed E-state index contributed by atoms with van der Waals surface area (Å²) >= 11 is 3.06. The molecule has 5 heteroatoms. The van der Waals surface area contributed by atoms with Crippen molar-refractivity contribution in [2.45, 2.75) is 70.5 Å². The van der Waals surface area contributed by atoms with Gasteiger partial charge in [-0.2, -0.15) is 0 Å². The van der Waals surface area contributed by atoms with Crippen LogP contribution in [0, 0.1) is 0 Å². The van der Waals surface area contributed by atoms with E-state index in [4.69, 9.17) is 9.47 Å². The van der Waals surface area contributed by atoms with Crippen LogP contribution >= 0.6 is 15.9 Å². The summed E-state index contributed by atoms with van der Waals surface area (Å²) in [5.41, 5.74) is -1.55. The van der Waals surface area contributed by atoms with Crippen molar-refractivity contribution in [3.05, 3.63) is 0 Å². The third kappa shape index (κ3) is 3.50. The van der Waals surface area contributed by atoms with Crippen LogP contribution < -0.4 is 0 Å². The van der Waals surface area contributed by atoms with Crippen LogP contribution in [0.3, 0.4) is 0 Å². The fourth-order valence-corrected chi connectivity index (χ4v) is 2.71. The minimum Gasteiger partial charge on any atom is -0.456 e. The van der Waals surface area contributed by atoms with Gasteiger partial charge in [0.25, 0.3) is 0 Å². The molecule has 2 atom stereocenters. The Balaban J connectivity index is 2.90. The molecule has 1 heterocycles. The average molecular weight is 335 g/mol. The van der Waals surface area contributed by atoms with E-state index in [-0.39, 0.29) is 11.3 Å². The number of hydrogen-bond acceptors (Lipinski definition) is 4. The second-order valence-corrected chi connectivity index (χ2v) is 5.72. The van der Waals surface area contributed by atoms with Crippen LogP contribution in [0.15, 0.2) is 0 Å². The van der Waals surface area contributed by atoms with E-state index in [0.717, 1.165) is 25.7 Å². The van der Waals surface area contributed by atoms with Gasteiger partial charge in [0.2, 0.25) is 5.60 Å². The number of ether oxygens (including phenoxy) is 2. The number of alkyl halides is 1. The SMILES string of the molecule is CCCC[C@@]1(CC)C[C@](CC)(OC(=O)CBr)C(=O)O1. The lowest BCUT2D eigenvalue weighted by atomic mass is 9.83. The largest absolute Gasteiger partial charge is 0.456 e. The van der Waals surface area contributed by atoms with Gasteiger partial charge in [-0.1, -0.05) is 43.1 Å². The first-order valence-electron chi connectivity index (χ1n) is 6.98. The molecule has 1 saturated heterocycles. The van der Waals surface area contributed by atoms with Crippen molar-refractivity contribution in [3.63, 3.8) is 0 Å². The van der Waals surface area contributed by atoms with Gasteiger partial charge in [-0.25, -0.2) is 4.79 Å². The topological polar surface area (TPSA) is 52.6 Å². The Labute approximate surface area is 123 Å². The van der Waals surface area contributed by atoms with Gasteiger partial charge in [0.05, 0.1) is 0 Å². The van der Waals surface area contributed by atoms with Crippen molar-refractivity contribution in [2.24, 2.45) is 0 Å². The number of carbonyl (C=O) groups is 2. The first-order chi connectivity index (χ1) is 8.97. The molecule has 0 unspecified atom stereocenters. The molecule has 19 heavy (non-hydrogen) atoms. The Morgan fingerprint density at radius 3 is 2.53 bits per heavy atom. The van der Waals surface area contributed by atoms with Crippen LogP contribution in [-0.4, -0.2) is 28.5 Å². The molecule has 0 aromatic carbocycles. The number of rotatable bonds is 7. The quantitative estimate of drug-likeness (QED) is 0.529. The van der Waals surface area contributed by atoms with Crippen LogP contribution in [0.4, 0.5) is 0 Å². The summed E-state index contributed by atoms with van der Waals surface area (Å²) < 4.78 is 11.0. The third-order valence-electron chi connectivity index (χ3n) is 3.91. The lowest BCUT2D eigenvalue weighted by molar-refractivity contribution is -0.172. The number of carbonyl (C=O) groups excluding carboxylic acids is 2. The van der Waals surface area contributed by atoms with E-state index in [9.17, 15) is 9.59 Å². The summed E-state index contributed by atoms with van der Waals surface area (Å²) in [6.45, 7) is 5.98. The first kappa shape index (κ1) is 16.5. The van der Waals surface area contributed by atoms with Crippen molar-refractivity contribution in [1.29, 1.82) is 0 Å². The van der Waals surface area contributed by atoms with Crippen LogP contribution in [0.2, 0.25) is 0 Å². The van der Waals surface area contributed by atoms with Crippen molar-refractivity contribution < 1.29 is 19.1 Å². The van der Waals surface area contributed by atoms with Crippen molar-refractivity contribution in [3.8, 4) is 0 Å². The molecule has 0 aromatic rings. The summed E-state index contributed by atoms with van der Waals surface area (Å²) in [5.74, 6) is -0.802. The number of esters is 2. The third-order valence-corrected chi connectivity index (χ3v) is 4.37. The highest BCUT2D eigenvalue weighted by Crippen LogP contribution is 2.43. The molecule has 0 bridgehead atoms. The van der Waals surface area contributed by atoms with E-state index in [1.165, 1.54) is 0 Å². The summed E-state index contributed by atoms with van der Waals surface area (Å²) in [5, 5.41) is 0.0934. The first-order valence-corrected chi connectivity index (χ1v) is 8.11. The molecule has 1 aliphatic rings. The highest BCUT2D eigenvalue weighted by Gasteiger charge is 2.57. The highest BCUT2D eigenvalue weighted by atomic mass is 79.9. The van der Waals surface area contributed by atoms with Crippen LogP contribution in [-0.2, 0) is 19.1 Å².